The van der Waals surface area contributed by atoms with Gasteiger partial charge in [-0.25, -0.2) is 9.07 Å². The molecule has 8 heteroatoms. The molecule has 20 heavy (non-hydrogen) atoms. The predicted molar refractivity (Wildman–Crippen MR) is 75.9 cm³/mol. The highest BCUT2D eigenvalue weighted by Crippen LogP contribution is 2.25. The Morgan fingerprint density at radius 3 is 2.95 bits per heavy atom. The molecule has 1 aromatic carbocycles. The SMILES string of the molecule is CC(CCS(C)=O)n1nnnc1-c1cc(N)ccc1F. The van der Waals surface area contributed by atoms with Gasteiger partial charge >= 0.3 is 0 Å². The van der Waals surface area contributed by atoms with Gasteiger partial charge < -0.3 is 5.73 Å². The van der Waals surface area contributed by atoms with Crippen LogP contribution in [0.2, 0.25) is 0 Å². The molecule has 0 saturated heterocycles. The minimum Gasteiger partial charge on any atom is -0.399 e. The van der Waals surface area contributed by atoms with E-state index < -0.39 is 16.6 Å². The Labute approximate surface area is 118 Å². The number of rotatable bonds is 5. The zero-order valence-electron chi connectivity index (χ0n) is 11.3. The van der Waals surface area contributed by atoms with E-state index >= 15 is 0 Å². The molecule has 0 fully saturated rings. The van der Waals surface area contributed by atoms with E-state index in [1.807, 2.05) is 6.92 Å². The number of anilines is 1. The molecule has 2 atom stereocenters. The Morgan fingerprint density at radius 2 is 2.25 bits per heavy atom. The summed E-state index contributed by atoms with van der Waals surface area (Å²) >= 11 is 0. The molecule has 2 rings (SSSR count). The molecule has 1 heterocycles. The molecule has 0 aliphatic heterocycles. The number of aromatic nitrogens is 4. The second kappa shape index (κ2) is 6.08. The van der Waals surface area contributed by atoms with E-state index in [4.69, 9.17) is 5.73 Å². The van der Waals surface area contributed by atoms with Crippen molar-refractivity contribution in [3.8, 4) is 11.4 Å². The van der Waals surface area contributed by atoms with Crippen molar-refractivity contribution in [2.75, 3.05) is 17.7 Å². The monoisotopic (exact) mass is 297 g/mol. The molecule has 2 unspecified atom stereocenters. The number of hydrogen-bond donors (Lipinski definition) is 1. The topological polar surface area (TPSA) is 86.7 Å². The van der Waals surface area contributed by atoms with E-state index in [1.165, 1.54) is 22.9 Å². The summed E-state index contributed by atoms with van der Waals surface area (Å²) in [5, 5.41) is 11.4. The zero-order valence-corrected chi connectivity index (χ0v) is 12.1. The van der Waals surface area contributed by atoms with Crippen LogP contribution in [-0.4, -0.2) is 36.4 Å². The van der Waals surface area contributed by atoms with E-state index in [-0.39, 0.29) is 11.6 Å². The van der Waals surface area contributed by atoms with E-state index in [2.05, 4.69) is 15.5 Å². The van der Waals surface area contributed by atoms with Crippen LogP contribution in [-0.2, 0) is 10.8 Å². The highest BCUT2D eigenvalue weighted by molar-refractivity contribution is 7.84. The summed E-state index contributed by atoms with van der Waals surface area (Å²) in [5.41, 5.74) is 6.38. The van der Waals surface area contributed by atoms with Gasteiger partial charge in [-0.05, 0) is 42.0 Å². The Bertz CT molecular complexity index is 630. The largest absolute Gasteiger partial charge is 0.399 e. The summed E-state index contributed by atoms with van der Waals surface area (Å²) in [6.07, 6.45) is 2.29. The van der Waals surface area contributed by atoms with Crippen molar-refractivity contribution in [2.24, 2.45) is 0 Å². The van der Waals surface area contributed by atoms with Gasteiger partial charge in [-0.1, -0.05) is 0 Å². The molecule has 2 aromatic rings. The second-order valence-corrected chi connectivity index (χ2v) is 6.16. The number of nitrogen functional groups attached to an aromatic ring is 1. The minimum atomic E-state index is -0.883. The molecule has 0 amide bonds. The van der Waals surface area contributed by atoms with Crippen LogP contribution in [0.5, 0.6) is 0 Å². The van der Waals surface area contributed by atoms with Crippen LogP contribution in [0.25, 0.3) is 11.4 Å². The molecule has 6 nitrogen and oxygen atoms in total. The Hall–Kier alpha value is -1.83. The van der Waals surface area contributed by atoms with Gasteiger partial charge in [0.2, 0.25) is 0 Å². The lowest BCUT2D eigenvalue weighted by atomic mass is 10.1. The molecule has 0 aliphatic carbocycles. The highest BCUT2D eigenvalue weighted by Gasteiger charge is 2.18. The van der Waals surface area contributed by atoms with Crippen molar-refractivity contribution in [3.63, 3.8) is 0 Å². The number of benzene rings is 1. The Balaban J connectivity index is 2.32. The fraction of sp³-hybridized carbons (Fsp3) is 0.417. The second-order valence-electron chi connectivity index (χ2n) is 4.60. The van der Waals surface area contributed by atoms with Gasteiger partial charge in [0.25, 0.3) is 0 Å². The number of tetrazole rings is 1. The van der Waals surface area contributed by atoms with E-state index in [0.29, 0.717) is 23.7 Å². The first-order valence-electron chi connectivity index (χ1n) is 6.12. The number of hydrogen-bond acceptors (Lipinski definition) is 5. The maximum atomic E-state index is 13.9. The van der Waals surface area contributed by atoms with Crippen LogP contribution >= 0.6 is 0 Å². The number of halogens is 1. The van der Waals surface area contributed by atoms with E-state index in [0.717, 1.165) is 0 Å². The van der Waals surface area contributed by atoms with Crippen LogP contribution in [0.3, 0.4) is 0 Å². The Kier molecular flexibility index (Phi) is 4.43. The van der Waals surface area contributed by atoms with Crippen molar-refractivity contribution in [3.05, 3.63) is 24.0 Å². The van der Waals surface area contributed by atoms with Crippen molar-refractivity contribution in [1.82, 2.24) is 20.2 Å². The molecule has 0 bridgehead atoms. The lowest BCUT2D eigenvalue weighted by Gasteiger charge is -2.13. The molecular formula is C12H16FN5OS. The van der Waals surface area contributed by atoms with Crippen molar-refractivity contribution >= 4 is 16.5 Å². The summed E-state index contributed by atoms with van der Waals surface area (Å²) in [5.74, 6) is 0.436. The molecular weight excluding hydrogens is 281 g/mol. The molecule has 0 aliphatic rings. The first-order chi connectivity index (χ1) is 9.49. The smallest absolute Gasteiger partial charge is 0.185 e. The normalized spacial score (nSPS) is 14.2. The standard InChI is InChI=1S/C12H16FN5OS/c1-8(5-6-20(2)19)18-12(15-16-17-18)10-7-9(14)3-4-11(10)13/h3-4,7-8H,5-6,14H2,1-2H3. The van der Waals surface area contributed by atoms with Crippen LogP contribution < -0.4 is 5.73 Å². The summed E-state index contributed by atoms with van der Waals surface area (Å²) in [4.78, 5) is 0. The lowest BCUT2D eigenvalue weighted by molar-refractivity contribution is 0.469. The minimum absolute atomic E-state index is 0.0790. The van der Waals surface area contributed by atoms with Gasteiger partial charge in [0.1, 0.15) is 5.82 Å². The quantitative estimate of drug-likeness (QED) is 0.843. The van der Waals surface area contributed by atoms with Crippen molar-refractivity contribution < 1.29 is 8.60 Å². The van der Waals surface area contributed by atoms with Crippen LogP contribution in [0.4, 0.5) is 10.1 Å². The van der Waals surface area contributed by atoms with Gasteiger partial charge in [0.05, 0.1) is 11.6 Å². The first-order valence-corrected chi connectivity index (χ1v) is 7.85. The van der Waals surface area contributed by atoms with Gasteiger partial charge in [-0.2, -0.15) is 0 Å². The third kappa shape index (κ3) is 3.19. The van der Waals surface area contributed by atoms with Crippen molar-refractivity contribution in [2.45, 2.75) is 19.4 Å². The number of nitrogens with zero attached hydrogens (tertiary/aromatic N) is 4. The average Bonchev–Trinajstić information content (AvgIpc) is 2.88. The van der Waals surface area contributed by atoms with Crippen LogP contribution in [0.15, 0.2) is 18.2 Å². The Morgan fingerprint density at radius 1 is 1.50 bits per heavy atom. The van der Waals surface area contributed by atoms with Gasteiger partial charge in [0, 0.05) is 28.5 Å². The van der Waals surface area contributed by atoms with Crippen LogP contribution in [0.1, 0.15) is 19.4 Å². The third-order valence-electron chi connectivity index (χ3n) is 2.96. The molecule has 2 N–H and O–H groups in total. The molecule has 1 aromatic heterocycles. The molecule has 0 spiro atoms. The first kappa shape index (κ1) is 14.6. The maximum absolute atomic E-state index is 13.9. The molecule has 108 valence electrons. The van der Waals surface area contributed by atoms with Gasteiger partial charge in [-0.3, -0.25) is 4.21 Å². The van der Waals surface area contributed by atoms with Gasteiger partial charge in [-0.15, -0.1) is 5.10 Å². The van der Waals surface area contributed by atoms with Gasteiger partial charge in [0.15, 0.2) is 5.82 Å². The van der Waals surface area contributed by atoms with E-state index in [1.54, 1.807) is 6.26 Å². The summed E-state index contributed by atoms with van der Waals surface area (Å²) < 4.78 is 26.6. The maximum Gasteiger partial charge on any atom is 0.185 e. The molecule has 0 saturated carbocycles. The average molecular weight is 297 g/mol. The summed E-state index contributed by atoms with van der Waals surface area (Å²) in [6.45, 7) is 1.90. The zero-order chi connectivity index (χ0) is 14.7. The predicted octanol–water partition coefficient (Wildman–Crippen LogP) is 1.39. The number of nitrogens with two attached hydrogens (primary N) is 1. The fourth-order valence-electron chi connectivity index (χ4n) is 1.84. The summed E-state index contributed by atoms with van der Waals surface area (Å²) in [6, 6.07) is 4.19. The fourth-order valence-corrected chi connectivity index (χ4v) is 2.51. The third-order valence-corrected chi connectivity index (χ3v) is 3.78. The van der Waals surface area contributed by atoms with Crippen molar-refractivity contribution in [1.29, 1.82) is 0 Å². The lowest BCUT2D eigenvalue weighted by Crippen LogP contribution is -2.12. The highest BCUT2D eigenvalue weighted by atomic mass is 32.2. The molecule has 0 radical (unpaired) electrons. The van der Waals surface area contributed by atoms with Crippen LogP contribution in [0, 0.1) is 5.82 Å². The summed E-state index contributed by atoms with van der Waals surface area (Å²) in [7, 11) is -0.883. The van der Waals surface area contributed by atoms with E-state index in [9.17, 15) is 8.60 Å².